The molecule has 158 valence electrons. The molecule has 0 aliphatic rings. The molecule has 0 unspecified atom stereocenters. The molecular formula is C23H18BrClN2O4. The van der Waals surface area contributed by atoms with Crippen molar-refractivity contribution in [1.29, 1.82) is 0 Å². The lowest BCUT2D eigenvalue weighted by Gasteiger charge is -2.09. The molecule has 0 bridgehead atoms. The Balaban J connectivity index is 1.49. The van der Waals surface area contributed by atoms with Gasteiger partial charge in [0.05, 0.1) is 11.8 Å². The number of halogens is 2. The molecule has 3 aromatic carbocycles. The lowest BCUT2D eigenvalue weighted by molar-refractivity contribution is -0.136. The number of nitrogens with zero attached hydrogens (tertiary/aromatic N) is 1. The van der Waals surface area contributed by atoms with Crippen LogP contribution in [-0.4, -0.2) is 24.7 Å². The number of hydrazone groups is 1. The first kappa shape index (κ1) is 22.5. The maximum atomic E-state index is 12.1. The van der Waals surface area contributed by atoms with Crippen LogP contribution in [0.4, 0.5) is 0 Å². The monoisotopic (exact) mass is 500 g/mol. The molecule has 3 rings (SSSR count). The van der Waals surface area contributed by atoms with Gasteiger partial charge in [-0.25, -0.2) is 10.2 Å². The highest BCUT2D eigenvalue weighted by Gasteiger charge is 2.09. The summed E-state index contributed by atoms with van der Waals surface area (Å²) >= 11 is 9.23. The maximum Gasteiger partial charge on any atom is 0.349 e. The van der Waals surface area contributed by atoms with Gasteiger partial charge in [0.1, 0.15) is 11.5 Å². The normalized spacial score (nSPS) is 10.7. The van der Waals surface area contributed by atoms with Crippen LogP contribution in [0.3, 0.4) is 0 Å². The van der Waals surface area contributed by atoms with E-state index in [4.69, 9.17) is 21.1 Å². The van der Waals surface area contributed by atoms with E-state index < -0.39 is 5.97 Å². The fourth-order valence-corrected chi connectivity index (χ4v) is 3.26. The molecule has 8 heteroatoms. The largest absolute Gasteiger partial charge is 0.482 e. The number of carbonyl (C=O) groups is 2. The van der Waals surface area contributed by atoms with Gasteiger partial charge in [-0.3, -0.25) is 4.79 Å². The van der Waals surface area contributed by atoms with Crippen LogP contribution in [0.15, 0.2) is 76.3 Å². The van der Waals surface area contributed by atoms with Gasteiger partial charge in [0, 0.05) is 9.50 Å². The second kappa shape index (κ2) is 10.7. The summed E-state index contributed by atoms with van der Waals surface area (Å²) in [6, 6.07) is 18.9. The van der Waals surface area contributed by atoms with Crippen molar-refractivity contribution >= 4 is 45.6 Å². The predicted octanol–water partition coefficient (Wildman–Crippen LogP) is 5.16. The first-order valence-electron chi connectivity index (χ1n) is 9.20. The summed E-state index contributed by atoms with van der Waals surface area (Å²) in [6.45, 7) is 1.61. The predicted molar refractivity (Wildman–Crippen MR) is 123 cm³/mol. The number of ether oxygens (including phenoxy) is 2. The first-order valence-corrected chi connectivity index (χ1v) is 10.4. The first-order chi connectivity index (χ1) is 14.9. The standard InChI is InChI=1S/C23H18BrClN2O4/c1-15-12-17(25)8-11-21(15)30-14-22(28)31-18-9-6-16(7-10-18)13-26-27-23(29)19-4-2-3-5-20(19)24/h2-13H,14H2,1H3,(H,27,29)/b26-13-. The van der Waals surface area contributed by atoms with Crippen molar-refractivity contribution < 1.29 is 19.1 Å². The molecule has 0 heterocycles. The minimum Gasteiger partial charge on any atom is -0.482 e. The van der Waals surface area contributed by atoms with Gasteiger partial charge in [0.15, 0.2) is 6.61 Å². The Hall–Kier alpha value is -3.16. The molecule has 1 amide bonds. The van der Waals surface area contributed by atoms with Gasteiger partial charge in [0.2, 0.25) is 0 Å². The second-order valence-electron chi connectivity index (χ2n) is 6.42. The summed E-state index contributed by atoms with van der Waals surface area (Å²) in [5.74, 6) is 0.0787. The van der Waals surface area contributed by atoms with E-state index in [9.17, 15) is 9.59 Å². The van der Waals surface area contributed by atoms with Crippen LogP contribution in [0.2, 0.25) is 5.02 Å². The van der Waals surface area contributed by atoms with Crippen LogP contribution >= 0.6 is 27.5 Å². The van der Waals surface area contributed by atoms with Crippen LogP contribution in [0.5, 0.6) is 11.5 Å². The van der Waals surface area contributed by atoms with Crippen molar-refractivity contribution in [2.24, 2.45) is 5.10 Å². The molecule has 0 fully saturated rings. The number of carbonyl (C=O) groups excluding carboxylic acids is 2. The third kappa shape index (κ3) is 6.67. The fourth-order valence-electron chi connectivity index (χ4n) is 2.57. The third-order valence-corrected chi connectivity index (χ3v) is 5.02. The zero-order chi connectivity index (χ0) is 22.2. The molecule has 3 aromatic rings. The zero-order valence-electron chi connectivity index (χ0n) is 16.5. The van der Waals surface area contributed by atoms with Gasteiger partial charge in [-0.1, -0.05) is 23.7 Å². The van der Waals surface area contributed by atoms with Crippen molar-refractivity contribution in [3.8, 4) is 11.5 Å². The average Bonchev–Trinajstić information content (AvgIpc) is 2.74. The Kier molecular flexibility index (Phi) is 7.81. The van der Waals surface area contributed by atoms with E-state index in [1.165, 1.54) is 6.21 Å². The number of esters is 1. The maximum absolute atomic E-state index is 12.1. The number of aryl methyl sites for hydroxylation is 1. The zero-order valence-corrected chi connectivity index (χ0v) is 18.8. The Morgan fingerprint density at radius 1 is 1.10 bits per heavy atom. The van der Waals surface area contributed by atoms with Crippen LogP contribution < -0.4 is 14.9 Å². The number of amides is 1. The van der Waals surface area contributed by atoms with Crippen molar-refractivity contribution in [3.05, 3.63) is 92.9 Å². The van der Waals surface area contributed by atoms with Gasteiger partial charge in [-0.05, 0) is 88.6 Å². The molecule has 6 nitrogen and oxygen atoms in total. The fraction of sp³-hybridized carbons (Fsp3) is 0.0870. The van der Waals surface area contributed by atoms with E-state index in [0.29, 0.717) is 26.6 Å². The Morgan fingerprint density at radius 3 is 2.55 bits per heavy atom. The van der Waals surface area contributed by atoms with Crippen LogP contribution in [0.1, 0.15) is 21.5 Å². The van der Waals surface area contributed by atoms with E-state index in [1.54, 1.807) is 60.7 Å². The number of nitrogens with one attached hydrogen (secondary N) is 1. The highest BCUT2D eigenvalue weighted by atomic mass is 79.9. The summed E-state index contributed by atoms with van der Waals surface area (Å²) in [5.41, 5.74) is 4.50. The van der Waals surface area contributed by atoms with Crippen molar-refractivity contribution in [3.63, 3.8) is 0 Å². The van der Waals surface area contributed by atoms with E-state index in [2.05, 4.69) is 26.5 Å². The van der Waals surface area contributed by atoms with Gasteiger partial charge < -0.3 is 9.47 Å². The highest BCUT2D eigenvalue weighted by Crippen LogP contribution is 2.22. The van der Waals surface area contributed by atoms with Gasteiger partial charge in [0.25, 0.3) is 5.91 Å². The number of hydrogen-bond acceptors (Lipinski definition) is 5. The number of hydrogen-bond donors (Lipinski definition) is 1. The lowest BCUT2D eigenvalue weighted by atomic mass is 10.2. The average molecular weight is 502 g/mol. The molecule has 0 saturated carbocycles. The molecule has 1 N–H and O–H groups in total. The van der Waals surface area contributed by atoms with E-state index in [-0.39, 0.29) is 12.5 Å². The summed E-state index contributed by atoms with van der Waals surface area (Å²) in [6.07, 6.45) is 1.49. The molecule has 0 aromatic heterocycles. The van der Waals surface area contributed by atoms with Crippen LogP contribution in [-0.2, 0) is 4.79 Å². The molecule has 0 aliphatic heterocycles. The van der Waals surface area contributed by atoms with E-state index in [1.807, 2.05) is 13.0 Å². The molecule has 0 aliphatic carbocycles. The molecule has 0 spiro atoms. The molecular weight excluding hydrogens is 484 g/mol. The van der Waals surface area contributed by atoms with E-state index >= 15 is 0 Å². The molecule has 0 radical (unpaired) electrons. The highest BCUT2D eigenvalue weighted by molar-refractivity contribution is 9.10. The van der Waals surface area contributed by atoms with Crippen LogP contribution in [0.25, 0.3) is 0 Å². The van der Waals surface area contributed by atoms with Gasteiger partial charge in [-0.2, -0.15) is 5.10 Å². The Bertz CT molecular complexity index is 1120. The molecule has 0 saturated heterocycles. The minimum atomic E-state index is -0.531. The topological polar surface area (TPSA) is 77.0 Å². The van der Waals surface area contributed by atoms with Gasteiger partial charge in [-0.15, -0.1) is 0 Å². The summed E-state index contributed by atoms with van der Waals surface area (Å²) in [4.78, 5) is 24.1. The molecule has 0 atom stereocenters. The van der Waals surface area contributed by atoms with Crippen molar-refractivity contribution in [2.45, 2.75) is 6.92 Å². The van der Waals surface area contributed by atoms with E-state index in [0.717, 1.165) is 11.1 Å². The summed E-state index contributed by atoms with van der Waals surface area (Å²) in [5, 5.41) is 4.55. The number of benzene rings is 3. The SMILES string of the molecule is Cc1cc(Cl)ccc1OCC(=O)Oc1ccc(/C=N\NC(=O)c2ccccc2Br)cc1. The summed E-state index contributed by atoms with van der Waals surface area (Å²) < 4.78 is 11.4. The quantitative estimate of drug-likeness (QED) is 0.210. The van der Waals surface area contributed by atoms with Crippen molar-refractivity contribution in [1.82, 2.24) is 5.43 Å². The Morgan fingerprint density at radius 2 is 1.84 bits per heavy atom. The molecule has 31 heavy (non-hydrogen) atoms. The van der Waals surface area contributed by atoms with Gasteiger partial charge >= 0.3 is 5.97 Å². The lowest BCUT2D eigenvalue weighted by Crippen LogP contribution is -2.18. The third-order valence-electron chi connectivity index (χ3n) is 4.09. The van der Waals surface area contributed by atoms with Crippen LogP contribution in [0, 0.1) is 6.92 Å². The minimum absolute atomic E-state index is 0.229. The van der Waals surface area contributed by atoms with Crippen molar-refractivity contribution in [2.75, 3.05) is 6.61 Å². The Labute approximate surface area is 193 Å². The number of rotatable bonds is 7. The second-order valence-corrected chi connectivity index (χ2v) is 7.71. The smallest absolute Gasteiger partial charge is 0.349 e. The summed E-state index contributed by atoms with van der Waals surface area (Å²) in [7, 11) is 0.